The minimum atomic E-state index is -4.42. The van der Waals surface area contributed by atoms with Gasteiger partial charge < -0.3 is 10.1 Å². The van der Waals surface area contributed by atoms with Crippen molar-refractivity contribution in [3.63, 3.8) is 0 Å². The molecule has 0 aliphatic heterocycles. The van der Waals surface area contributed by atoms with Gasteiger partial charge in [-0.05, 0) is 36.8 Å². The largest absolute Gasteiger partial charge is 0.462 e. The normalized spacial score (nSPS) is 11.0. The van der Waals surface area contributed by atoms with E-state index >= 15 is 0 Å². The van der Waals surface area contributed by atoms with E-state index < -0.39 is 23.6 Å². The van der Waals surface area contributed by atoms with E-state index in [2.05, 4.69) is 5.32 Å². The standard InChI is InChI=1S/C18H16F3NO3/c1-2-25-17(24)14-5-3-4-6-15(14)22-16(23)11-12-7-9-13(10-8-12)18(19,20)21/h3-10H,2,11H2,1H3,(H,22,23). The SMILES string of the molecule is CCOC(=O)c1ccccc1NC(=O)Cc1ccc(C(F)(F)F)cc1. The predicted molar refractivity (Wildman–Crippen MR) is 86.2 cm³/mol. The molecule has 2 rings (SSSR count). The quantitative estimate of drug-likeness (QED) is 0.827. The maximum Gasteiger partial charge on any atom is 0.416 e. The number of rotatable bonds is 5. The number of benzene rings is 2. The molecule has 1 N–H and O–H groups in total. The first-order chi connectivity index (χ1) is 11.8. The van der Waals surface area contributed by atoms with Gasteiger partial charge in [0.1, 0.15) is 0 Å². The predicted octanol–water partition coefficient (Wildman–Crippen LogP) is 4.06. The van der Waals surface area contributed by atoms with E-state index in [0.717, 1.165) is 12.1 Å². The first kappa shape index (κ1) is 18.5. The zero-order chi connectivity index (χ0) is 18.4. The molecule has 0 fully saturated rings. The van der Waals surface area contributed by atoms with E-state index in [-0.39, 0.29) is 24.3 Å². The lowest BCUT2D eigenvalue weighted by molar-refractivity contribution is -0.137. The van der Waals surface area contributed by atoms with Crippen molar-refractivity contribution in [2.75, 3.05) is 11.9 Å². The molecule has 0 aliphatic carbocycles. The van der Waals surface area contributed by atoms with Crippen molar-refractivity contribution in [2.24, 2.45) is 0 Å². The van der Waals surface area contributed by atoms with Crippen LogP contribution in [-0.4, -0.2) is 18.5 Å². The topological polar surface area (TPSA) is 55.4 Å². The molecular formula is C18H16F3NO3. The maximum atomic E-state index is 12.5. The van der Waals surface area contributed by atoms with Gasteiger partial charge in [0, 0.05) is 0 Å². The van der Waals surface area contributed by atoms with Gasteiger partial charge in [-0.25, -0.2) is 4.79 Å². The van der Waals surface area contributed by atoms with E-state index in [0.29, 0.717) is 5.56 Å². The van der Waals surface area contributed by atoms with Gasteiger partial charge in [-0.1, -0.05) is 24.3 Å². The van der Waals surface area contributed by atoms with Gasteiger partial charge in [-0.15, -0.1) is 0 Å². The average Bonchev–Trinajstić information content (AvgIpc) is 2.55. The fourth-order valence-corrected chi connectivity index (χ4v) is 2.17. The fraction of sp³-hybridized carbons (Fsp3) is 0.222. The van der Waals surface area contributed by atoms with Gasteiger partial charge in [0.05, 0.1) is 29.8 Å². The van der Waals surface area contributed by atoms with Crippen LogP contribution in [0.1, 0.15) is 28.4 Å². The highest BCUT2D eigenvalue weighted by Crippen LogP contribution is 2.29. The molecule has 0 heterocycles. The van der Waals surface area contributed by atoms with Crippen LogP contribution in [0, 0.1) is 0 Å². The molecule has 0 bridgehead atoms. The number of ether oxygens (including phenoxy) is 1. The van der Waals surface area contributed by atoms with Crippen molar-refractivity contribution in [1.82, 2.24) is 0 Å². The molecule has 4 nitrogen and oxygen atoms in total. The number of carbonyl (C=O) groups excluding carboxylic acids is 2. The number of esters is 1. The molecule has 2 aromatic carbocycles. The number of halogens is 3. The lowest BCUT2D eigenvalue weighted by Gasteiger charge is -2.11. The summed E-state index contributed by atoms with van der Waals surface area (Å²) in [5.41, 5.74) is 0.159. The number of alkyl halides is 3. The molecule has 132 valence electrons. The molecule has 0 aliphatic rings. The Morgan fingerprint density at radius 2 is 1.68 bits per heavy atom. The number of carbonyl (C=O) groups is 2. The second kappa shape index (κ2) is 7.83. The van der Waals surface area contributed by atoms with Crippen LogP contribution in [0.3, 0.4) is 0 Å². The summed E-state index contributed by atoms with van der Waals surface area (Å²) in [6.07, 6.45) is -4.53. The summed E-state index contributed by atoms with van der Waals surface area (Å²) in [6.45, 7) is 1.87. The van der Waals surface area contributed by atoms with Crippen LogP contribution < -0.4 is 5.32 Å². The Morgan fingerprint density at radius 1 is 1.04 bits per heavy atom. The Labute approximate surface area is 142 Å². The highest BCUT2D eigenvalue weighted by Gasteiger charge is 2.30. The Hall–Kier alpha value is -2.83. The lowest BCUT2D eigenvalue weighted by atomic mass is 10.1. The van der Waals surface area contributed by atoms with Crippen molar-refractivity contribution in [2.45, 2.75) is 19.5 Å². The lowest BCUT2D eigenvalue weighted by Crippen LogP contribution is -2.17. The zero-order valence-corrected chi connectivity index (χ0v) is 13.4. The van der Waals surface area contributed by atoms with E-state index in [1.54, 1.807) is 25.1 Å². The summed E-state index contributed by atoms with van der Waals surface area (Å²) in [5.74, 6) is -1.01. The van der Waals surface area contributed by atoms with Crippen LogP contribution in [0.2, 0.25) is 0 Å². The minimum absolute atomic E-state index is 0.116. The third-order valence-electron chi connectivity index (χ3n) is 3.34. The summed E-state index contributed by atoms with van der Waals surface area (Å²) in [7, 11) is 0. The number of nitrogens with one attached hydrogen (secondary N) is 1. The summed E-state index contributed by atoms with van der Waals surface area (Å²) in [4.78, 5) is 24.0. The number of hydrogen-bond donors (Lipinski definition) is 1. The van der Waals surface area contributed by atoms with E-state index in [1.807, 2.05) is 0 Å². The molecule has 25 heavy (non-hydrogen) atoms. The third-order valence-corrected chi connectivity index (χ3v) is 3.34. The average molecular weight is 351 g/mol. The second-order valence-corrected chi connectivity index (χ2v) is 5.19. The summed E-state index contributed by atoms with van der Waals surface area (Å²) >= 11 is 0. The molecule has 0 radical (unpaired) electrons. The van der Waals surface area contributed by atoms with Crippen LogP contribution in [0.15, 0.2) is 48.5 Å². The van der Waals surface area contributed by atoms with E-state index in [1.165, 1.54) is 18.2 Å². The van der Waals surface area contributed by atoms with Crippen molar-refractivity contribution in [3.8, 4) is 0 Å². The number of para-hydroxylation sites is 1. The minimum Gasteiger partial charge on any atom is -0.462 e. The highest BCUT2D eigenvalue weighted by atomic mass is 19.4. The molecule has 0 atom stereocenters. The van der Waals surface area contributed by atoms with Crippen LogP contribution in [0.4, 0.5) is 18.9 Å². The maximum absolute atomic E-state index is 12.5. The van der Waals surface area contributed by atoms with Crippen LogP contribution in [-0.2, 0) is 22.1 Å². The van der Waals surface area contributed by atoms with E-state index in [4.69, 9.17) is 4.74 Å². The molecule has 0 aromatic heterocycles. The zero-order valence-electron chi connectivity index (χ0n) is 13.4. The summed E-state index contributed by atoms with van der Waals surface area (Å²) in [6, 6.07) is 10.7. The second-order valence-electron chi connectivity index (χ2n) is 5.19. The molecule has 0 unspecified atom stereocenters. The number of anilines is 1. The van der Waals surface area contributed by atoms with Gasteiger partial charge in [-0.3, -0.25) is 4.79 Å². The monoisotopic (exact) mass is 351 g/mol. The van der Waals surface area contributed by atoms with Gasteiger partial charge in [-0.2, -0.15) is 13.2 Å². The Balaban J connectivity index is 2.07. The fourth-order valence-electron chi connectivity index (χ4n) is 2.17. The van der Waals surface area contributed by atoms with Crippen LogP contribution >= 0.6 is 0 Å². The molecule has 0 saturated carbocycles. The van der Waals surface area contributed by atoms with Gasteiger partial charge in [0.15, 0.2) is 0 Å². The third kappa shape index (κ3) is 5.07. The molecule has 1 amide bonds. The first-order valence-corrected chi connectivity index (χ1v) is 7.53. The van der Waals surface area contributed by atoms with Gasteiger partial charge in [0.2, 0.25) is 5.91 Å². The number of hydrogen-bond acceptors (Lipinski definition) is 3. The number of amides is 1. The Kier molecular flexibility index (Phi) is 5.80. The molecule has 2 aromatic rings. The van der Waals surface area contributed by atoms with Crippen molar-refractivity contribution >= 4 is 17.6 Å². The van der Waals surface area contributed by atoms with Crippen LogP contribution in [0.5, 0.6) is 0 Å². The Morgan fingerprint density at radius 3 is 2.28 bits per heavy atom. The molecular weight excluding hydrogens is 335 g/mol. The van der Waals surface area contributed by atoms with Crippen molar-refractivity contribution in [3.05, 3.63) is 65.2 Å². The molecule has 0 saturated heterocycles. The van der Waals surface area contributed by atoms with Crippen molar-refractivity contribution < 1.29 is 27.5 Å². The van der Waals surface area contributed by atoms with Gasteiger partial charge in [0.25, 0.3) is 0 Å². The summed E-state index contributed by atoms with van der Waals surface area (Å²) in [5, 5.41) is 2.58. The van der Waals surface area contributed by atoms with Crippen molar-refractivity contribution in [1.29, 1.82) is 0 Å². The molecule has 0 spiro atoms. The smallest absolute Gasteiger partial charge is 0.416 e. The highest BCUT2D eigenvalue weighted by molar-refractivity contribution is 6.01. The van der Waals surface area contributed by atoms with Crippen LogP contribution in [0.25, 0.3) is 0 Å². The van der Waals surface area contributed by atoms with Gasteiger partial charge >= 0.3 is 12.1 Å². The molecule has 7 heteroatoms. The Bertz CT molecular complexity index is 755. The first-order valence-electron chi connectivity index (χ1n) is 7.53. The summed E-state index contributed by atoms with van der Waals surface area (Å²) < 4.78 is 42.5. The van der Waals surface area contributed by atoms with E-state index in [9.17, 15) is 22.8 Å².